The number of nitrogens with zero attached hydrogens (tertiary/aromatic N) is 2. The minimum absolute atomic E-state index is 0.159. The fourth-order valence-corrected chi connectivity index (χ4v) is 3.56. The van der Waals surface area contributed by atoms with Gasteiger partial charge in [-0.3, -0.25) is 0 Å². The third kappa shape index (κ3) is 2.01. The largest absolute Gasteiger partial charge is 0.456 e. The van der Waals surface area contributed by atoms with Gasteiger partial charge in [-0.25, -0.2) is 0 Å². The molecule has 0 amide bonds. The Hall–Kier alpha value is -3.73. The van der Waals surface area contributed by atoms with Gasteiger partial charge in [-0.15, -0.1) is 0 Å². The van der Waals surface area contributed by atoms with E-state index in [-0.39, 0.29) is 5.82 Å². The number of nitro groups is 1. The predicted octanol–water partition coefficient (Wildman–Crippen LogP) is 5.71. The van der Waals surface area contributed by atoms with Crippen LogP contribution >= 0.6 is 0 Å². The number of fused-ring (bicyclic) bond motifs is 5. The molecule has 0 radical (unpaired) electrons. The molecule has 5 heteroatoms. The molecular formula is C21H12N2O3. The van der Waals surface area contributed by atoms with E-state index in [1.807, 2.05) is 54.6 Å². The number of para-hydroxylation sites is 1. The monoisotopic (exact) mass is 340 g/mol. The molecule has 0 saturated heterocycles. The minimum Gasteiger partial charge on any atom is -0.456 e. The fraction of sp³-hybridized carbons (Fsp3) is 0. The quantitative estimate of drug-likeness (QED) is 0.305. The maximum Gasteiger partial charge on any atom is 0.371 e. The van der Waals surface area contributed by atoms with E-state index >= 15 is 0 Å². The molecule has 0 saturated carbocycles. The van der Waals surface area contributed by atoms with Gasteiger partial charge in [0.25, 0.3) is 0 Å². The topological polar surface area (TPSA) is 69.2 Å². The summed E-state index contributed by atoms with van der Waals surface area (Å²) in [5, 5.41) is 15.4. The smallest absolute Gasteiger partial charge is 0.371 e. The van der Waals surface area contributed by atoms with Gasteiger partial charge in [0.1, 0.15) is 17.4 Å². The van der Waals surface area contributed by atoms with Gasteiger partial charge in [0.2, 0.25) is 0 Å². The van der Waals surface area contributed by atoms with Crippen LogP contribution in [0.2, 0.25) is 0 Å². The Bertz CT molecular complexity index is 1320. The molecular weight excluding hydrogens is 328 g/mol. The molecule has 0 unspecified atom stereocenters. The number of hydrogen-bond acceptors (Lipinski definition) is 4. The Balaban J connectivity index is 1.98. The summed E-state index contributed by atoms with van der Waals surface area (Å²) in [5.74, 6) is -0.159. The van der Waals surface area contributed by atoms with Crippen molar-refractivity contribution in [2.24, 2.45) is 0 Å². The highest BCUT2D eigenvalue weighted by molar-refractivity contribution is 6.22. The number of furan rings is 1. The van der Waals surface area contributed by atoms with Crippen molar-refractivity contribution in [1.82, 2.24) is 4.98 Å². The van der Waals surface area contributed by atoms with Crippen LogP contribution in [-0.4, -0.2) is 9.91 Å². The molecule has 5 nitrogen and oxygen atoms in total. The second kappa shape index (κ2) is 5.39. The predicted molar refractivity (Wildman–Crippen MR) is 101 cm³/mol. The molecule has 5 rings (SSSR count). The summed E-state index contributed by atoms with van der Waals surface area (Å²) in [6, 6.07) is 21.1. The lowest BCUT2D eigenvalue weighted by molar-refractivity contribution is -0.388. The first kappa shape index (κ1) is 14.6. The van der Waals surface area contributed by atoms with E-state index in [9.17, 15) is 10.1 Å². The molecule has 124 valence electrons. The van der Waals surface area contributed by atoms with E-state index in [0.29, 0.717) is 11.1 Å². The van der Waals surface area contributed by atoms with Crippen molar-refractivity contribution < 1.29 is 9.34 Å². The molecule has 0 N–H and O–H groups in total. The number of aromatic nitrogens is 1. The Kier molecular flexibility index (Phi) is 3.03. The molecule has 5 aromatic rings. The van der Waals surface area contributed by atoms with E-state index in [1.165, 1.54) is 6.20 Å². The highest BCUT2D eigenvalue weighted by atomic mass is 16.6. The minimum atomic E-state index is -0.451. The van der Waals surface area contributed by atoms with Crippen molar-refractivity contribution in [3.05, 3.63) is 83.0 Å². The summed E-state index contributed by atoms with van der Waals surface area (Å²) in [6.07, 6.45) is 1.43. The zero-order valence-corrected chi connectivity index (χ0v) is 13.5. The van der Waals surface area contributed by atoms with E-state index < -0.39 is 4.92 Å². The van der Waals surface area contributed by atoms with Crippen LogP contribution in [0, 0.1) is 10.1 Å². The average molecular weight is 340 g/mol. The summed E-state index contributed by atoms with van der Waals surface area (Å²) in [7, 11) is 0. The lowest BCUT2D eigenvalue weighted by atomic mass is 9.95. The zero-order valence-electron chi connectivity index (χ0n) is 13.5. The van der Waals surface area contributed by atoms with Crippen LogP contribution in [-0.2, 0) is 0 Å². The maximum atomic E-state index is 11.5. The average Bonchev–Trinajstić information content (AvgIpc) is 3.06. The molecule has 0 bridgehead atoms. The van der Waals surface area contributed by atoms with Crippen LogP contribution in [0.5, 0.6) is 0 Å². The molecule has 0 atom stereocenters. The standard InChI is InChI=1S/C21H12N2O3/c24-23(25)21-15(9-5-11-22-21)17-12-19-20(14-7-2-1-6-13(14)17)16-8-3-4-10-18(16)26-19/h1-12H. The molecule has 3 aromatic carbocycles. The van der Waals surface area contributed by atoms with Gasteiger partial charge in [0.15, 0.2) is 0 Å². The Morgan fingerprint density at radius 1 is 0.808 bits per heavy atom. The first-order chi connectivity index (χ1) is 12.7. The third-order valence-corrected chi connectivity index (χ3v) is 4.63. The first-order valence-corrected chi connectivity index (χ1v) is 8.17. The molecule has 0 fully saturated rings. The second-order valence-corrected chi connectivity index (χ2v) is 6.07. The van der Waals surface area contributed by atoms with Gasteiger partial charge in [-0.1, -0.05) is 42.5 Å². The van der Waals surface area contributed by atoms with Crippen molar-refractivity contribution in [2.75, 3.05) is 0 Å². The highest BCUT2D eigenvalue weighted by Gasteiger charge is 2.20. The molecule has 0 aliphatic carbocycles. The highest BCUT2D eigenvalue weighted by Crippen LogP contribution is 2.41. The molecule has 0 aliphatic rings. The Labute approximate surface area is 147 Å². The second-order valence-electron chi connectivity index (χ2n) is 6.07. The van der Waals surface area contributed by atoms with E-state index in [0.717, 1.165) is 32.7 Å². The Morgan fingerprint density at radius 2 is 1.54 bits per heavy atom. The molecule has 0 spiro atoms. The van der Waals surface area contributed by atoms with Crippen LogP contribution in [0.15, 0.2) is 77.3 Å². The van der Waals surface area contributed by atoms with E-state index in [2.05, 4.69) is 4.98 Å². The first-order valence-electron chi connectivity index (χ1n) is 8.17. The van der Waals surface area contributed by atoms with Gasteiger partial charge in [-0.05, 0) is 44.9 Å². The van der Waals surface area contributed by atoms with Gasteiger partial charge in [0.05, 0.1) is 5.56 Å². The normalized spacial score (nSPS) is 11.4. The number of hydrogen-bond donors (Lipinski definition) is 0. The third-order valence-electron chi connectivity index (χ3n) is 4.63. The molecule has 2 aromatic heterocycles. The fourth-order valence-electron chi connectivity index (χ4n) is 3.56. The van der Waals surface area contributed by atoms with Crippen LogP contribution in [0.25, 0.3) is 43.8 Å². The van der Waals surface area contributed by atoms with Crippen molar-refractivity contribution in [1.29, 1.82) is 0 Å². The summed E-state index contributed by atoms with van der Waals surface area (Å²) in [5.41, 5.74) is 2.73. The van der Waals surface area contributed by atoms with Crippen LogP contribution in [0.1, 0.15) is 0 Å². The van der Waals surface area contributed by atoms with Gasteiger partial charge in [-0.2, -0.15) is 0 Å². The van der Waals surface area contributed by atoms with Crippen LogP contribution in [0.4, 0.5) is 5.82 Å². The van der Waals surface area contributed by atoms with E-state index in [1.54, 1.807) is 12.1 Å². The molecule has 0 aliphatic heterocycles. The van der Waals surface area contributed by atoms with E-state index in [4.69, 9.17) is 4.42 Å². The van der Waals surface area contributed by atoms with Gasteiger partial charge >= 0.3 is 5.82 Å². The van der Waals surface area contributed by atoms with Crippen molar-refractivity contribution >= 4 is 38.5 Å². The summed E-state index contributed by atoms with van der Waals surface area (Å²) < 4.78 is 6.03. The SMILES string of the molecule is O=[N+]([O-])c1ncccc1-c1cc2oc3ccccc3c2c2ccccc12. The molecule has 2 heterocycles. The maximum absolute atomic E-state index is 11.5. The lowest BCUT2D eigenvalue weighted by Gasteiger charge is -2.08. The zero-order chi connectivity index (χ0) is 17.7. The van der Waals surface area contributed by atoms with Crippen molar-refractivity contribution in [3.8, 4) is 11.1 Å². The summed E-state index contributed by atoms with van der Waals surface area (Å²) in [6.45, 7) is 0. The van der Waals surface area contributed by atoms with Gasteiger partial charge in [0, 0.05) is 16.3 Å². The van der Waals surface area contributed by atoms with Crippen molar-refractivity contribution in [3.63, 3.8) is 0 Å². The number of benzene rings is 3. The number of rotatable bonds is 2. The summed E-state index contributed by atoms with van der Waals surface area (Å²) in [4.78, 5) is 15.0. The van der Waals surface area contributed by atoms with Crippen LogP contribution in [0.3, 0.4) is 0 Å². The van der Waals surface area contributed by atoms with Gasteiger partial charge < -0.3 is 14.5 Å². The lowest BCUT2D eigenvalue weighted by Crippen LogP contribution is -1.95. The molecule has 26 heavy (non-hydrogen) atoms. The van der Waals surface area contributed by atoms with Crippen LogP contribution < -0.4 is 0 Å². The Morgan fingerprint density at radius 3 is 2.35 bits per heavy atom. The number of pyridine rings is 1. The van der Waals surface area contributed by atoms with Crippen molar-refractivity contribution in [2.45, 2.75) is 0 Å². The summed E-state index contributed by atoms with van der Waals surface area (Å²) >= 11 is 0.